The molecule has 3 aromatic carbocycles. The summed E-state index contributed by atoms with van der Waals surface area (Å²) in [6.45, 7) is 4.92. The molecule has 4 rings (SSSR count). The number of nitrogens with zero attached hydrogens (tertiary/aromatic N) is 2. The van der Waals surface area contributed by atoms with E-state index >= 15 is 0 Å². The van der Waals surface area contributed by atoms with E-state index in [0.29, 0.717) is 41.5 Å². The smallest absolute Gasteiger partial charge is 0.415 e. The molecule has 0 spiro atoms. The summed E-state index contributed by atoms with van der Waals surface area (Å²) in [5.74, 6) is -0.0517. The van der Waals surface area contributed by atoms with Crippen molar-refractivity contribution in [3.05, 3.63) is 89.3 Å². The van der Waals surface area contributed by atoms with Gasteiger partial charge in [-0.3, -0.25) is 4.79 Å². The summed E-state index contributed by atoms with van der Waals surface area (Å²) in [5, 5.41) is 4.03. The highest BCUT2D eigenvalue weighted by Gasteiger charge is 2.20. The Morgan fingerprint density at radius 3 is 2.49 bits per heavy atom. The van der Waals surface area contributed by atoms with Gasteiger partial charge < -0.3 is 24.3 Å². The number of nitrogens with one attached hydrogen (secondary N) is 1. The second kappa shape index (κ2) is 11.8. The second-order valence-electron chi connectivity index (χ2n) is 8.28. The van der Waals surface area contributed by atoms with Crippen LogP contribution >= 0.6 is 11.6 Å². The Kier molecular flexibility index (Phi) is 8.30. The van der Waals surface area contributed by atoms with Crippen molar-refractivity contribution in [2.24, 2.45) is 0 Å². The van der Waals surface area contributed by atoms with Crippen LogP contribution in [0.25, 0.3) is 10.9 Å². The number of rotatable bonds is 9. The number of benzene rings is 3. The van der Waals surface area contributed by atoms with Gasteiger partial charge in [0.15, 0.2) is 12.4 Å². The Morgan fingerprint density at radius 2 is 1.78 bits per heavy atom. The van der Waals surface area contributed by atoms with Crippen LogP contribution in [0.4, 0.5) is 14.9 Å². The summed E-state index contributed by atoms with van der Waals surface area (Å²) in [6, 6.07) is 18.3. The lowest BCUT2D eigenvalue weighted by atomic mass is 10.2. The molecule has 37 heavy (non-hydrogen) atoms. The zero-order valence-electron chi connectivity index (χ0n) is 20.5. The Morgan fingerprint density at radius 1 is 1.03 bits per heavy atom. The van der Waals surface area contributed by atoms with Gasteiger partial charge in [-0.25, -0.2) is 9.18 Å². The van der Waals surface area contributed by atoms with E-state index < -0.39 is 12.0 Å². The van der Waals surface area contributed by atoms with E-state index in [-0.39, 0.29) is 18.2 Å². The highest BCUT2D eigenvalue weighted by atomic mass is 35.5. The van der Waals surface area contributed by atoms with Crippen LogP contribution in [0.3, 0.4) is 0 Å². The molecule has 9 heteroatoms. The minimum absolute atomic E-state index is 0.222. The van der Waals surface area contributed by atoms with Gasteiger partial charge >= 0.3 is 6.09 Å². The molecule has 0 atom stereocenters. The maximum Gasteiger partial charge on any atom is 0.415 e. The van der Waals surface area contributed by atoms with Gasteiger partial charge in [-0.05, 0) is 67.9 Å². The zero-order chi connectivity index (χ0) is 26.4. The molecule has 0 saturated carbocycles. The van der Waals surface area contributed by atoms with E-state index in [9.17, 15) is 14.0 Å². The summed E-state index contributed by atoms with van der Waals surface area (Å²) >= 11 is 5.99. The molecule has 2 amide bonds. The first kappa shape index (κ1) is 26.0. The largest absolute Gasteiger partial charge is 0.484 e. The lowest BCUT2D eigenvalue weighted by molar-refractivity contribution is -0.118. The van der Waals surface area contributed by atoms with Crippen LogP contribution < -0.4 is 14.8 Å². The van der Waals surface area contributed by atoms with Crippen molar-refractivity contribution in [2.75, 3.05) is 25.0 Å². The maximum atomic E-state index is 13.3. The number of ether oxygens (including phenoxy) is 2. The van der Waals surface area contributed by atoms with Crippen molar-refractivity contribution in [3.8, 4) is 11.5 Å². The summed E-state index contributed by atoms with van der Waals surface area (Å²) in [4.78, 5) is 27.1. The standard InChI is InChI=1S/C28H27ClFN3O4/c1-3-32(4-2)28(35)37-25-13-12-24-23(14-15-33(24)17-19-8-10-21(30)11-9-19)27(25)31-26(34)18-36-22-7-5-6-20(29)16-22/h5-16H,3-4,17-18H2,1-2H3,(H,31,34). The van der Waals surface area contributed by atoms with Gasteiger partial charge in [0.1, 0.15) is 11.6 Å². The van der Waals surface area contributed by atoms with E-state index in [2.05, 4.69) is 5.32 Å². The molecule has 1 heterocycles. The first-order valence-electron chi connectivity index (χ1n) is 11.9. The molecule has 0 aliphatic rings. The summed E-state index contributed by atoms with van der Waals surface area (Å²) in [6.07, 6.45) is 1.35. The number of aromatic nitrogens is 1. The topological polar surface area (TPSA) is 72.8 Å². The Bertz CT molecular complexity index is 1400. The van der Waals surface area contributed by atoms with Crippen LogP contribution in [-0.2, 0) is 11.3 Å². The van der Waals surface area contributed by atoms with Crippen molar-refractivity contribution < 1.29 is 23.5 Å². The molecule has 0 bridgehead atoms. The number of fused-ring (bicyclic) bond motifs is 1. The van der Waals surface area contributed by atoms with Gasteiger partial charge in [0.25, 0.3) is 5.91 Å². The van der Waals surface area contributed by atoms with Gasteiger partial charge in [0.05, 0.1) is 11.2 Å². The predicted octanol–water partition coefficient (Wildman–Crippen LogP) is 6.34. The minimum atomic E-state index is -0.513. The molecule has 1 aromatic heterocycles. The predicted molar refractivity (Wildman–Crippen MR) is 142 cm³/mol. The van der Waals surface area contributed by atoms with Crippen LogP contribution in [0, 0.1) is 5.82 Å². The van der Waals surface area contributed by atoms with Crippen molar-refractivity contribution in [2.45, 2.75) is 20.4 Å². The number of carbonyl (C=O) groups is 2. The van der Waals surface area contributed by atoms with Crippen LogP contribution in [0.5, 0.6) is 11.5 Å². The third kappa shape index (κ3) is 6.40. The quantitative estimate of drug-likeness (QED) is 0.278. The maximum absolute atomic E-state index is 13.3. The third-order valence-corrected chi connectivity index (χ3v) is 6.07. The van der Waals surface area contributed by atoms with Crippen LogP contribution in [0.15, 0.2) is 72.9 Å². The van der Waals surface area contributed by atoms with Gasteiger partial charge in [0, 0.05) is 36.2 Å². The van der Waals surface area contributed by atoms with Crippen LogP contribution in [-0.4, -0.2) is 41.2 Å². The van der Waals surface area contributed by atoms with Gasteiger partial charge in [0.2, 0.25) is 0 Å². The van der Waals surface area contributed by atoms with E-state index in [1.165, 1.54) is 17.0 Å². The lowest BCUT2D eigenvalue weighted by Crippen LogP contribution is -2.33. The van der Waals surface area contributed by atoms with Crippen LogP contribution in [0.1, 0.15) is 19.4 Å². The summed E-state index contributed by atoms with van der Waals surface area (Å²) in [5.41, 5.74) is 2.07. The molecule has 7 nitrogen and oxygen atoms in total. The highest BCUT2D eigenvalue weighted by molar-refractivity contribution is 6.30. The Labute approximate surface area is 219 Å². The molecule has 0 saturated heterocycles. The average molecular weight is 524 g/mol. The van der Waals surface area contributed by atoms with Crippen molar-refractivity contribution >= 4 is 40.2 Å². The van der Waals surface area contributed by atoms with E-state index in [4.69, 9.17) is 21.1 Å². The lowest BCUT2D eigenvalue weighted by Gasteiger charge is -2.20. The second-order valence-corrected chi connectivity index (χ2v) is 8.71. The Balaban J connectivity index is 1.62. The van der Waals surface area contributed by atoms with E-state index in [1.807, 2.05) is 36.7 Å². The number of halogens is 2. The molecule has 0 aliphatic heterocycles. The number of anilines is 1. The summed E-state index contributed by atoms with van der Waals surface area (Å²) < 4.78 is 26.6. The van der Waals surface area contributed by atoms with Crippen molar-refractivity contribution in [1.29, 1.82) is 0 Å². The molecule has 0 aliphatic carbocycles. The number of amides is 2. The van der Waals surface area contributed by atoms with Crippen molar-refractivity contribution in [3.63, 3.8) is 0 Å². The first-order chi connectivity index (χ1) is 17.9. The molecule has 0 radical (unpaired) electrons. The highest BCUT2D eigenvalue weighted by Crippen LogP contribution is 2.35. The number of hydrogen-bond acceptors (Lipinski definition) is 4. The molecule has 0 fully saturated rings. The fourth-order valence-electron chi connectivity index (χ4n) is 3.91. The van der Waals surface area contributed by atoms with E-state index in [1.54, 1.807) is 42.5 Å². The monoisotopic (exact) mass is 523 g/mol. The SMILES string of the molecule is CCN(CC)C(=O)Oc1ccc2c(ccn2Cc2ccc(F)cc2)c1NC(=O)COc1cccc(Cl)c1. The zero-order valence-corrected chi connectivity index (χ0v) is 21.3. The third-order valence-electron chi connectivity index (χ3n) is 5.83. The van der Waals surface area contributed by atoms with Gasteiger partial charge in [-0.2, -0.15) is 0 Å². The summed E-state index contributed by atoms with van der Waals surface area (Å²) in [7, 11) is 0. The molecule has 192 valence electrons. The normalized spacial score (nSPS) is 10.8. The number of hydrogen-bond donors (Lipinski definition) is 1. The van der Waals surface area contributed by atoms with E-state index in [0.717, 1.165) is 11.1 Å². The molecule has 1 N–H and O–H groups in total. The van der Waals surface area contributed by atoms with Crippen molar-refractivity contribution in [1.82, 2.24) is 9.47 Å². The fourth-order valence-corrected chi connectivity index (χ4v) is 4.09. The van der Waals surface area contributed by atoms with Gasteiger partial charge in [-0.1, -0.05) is 29.8 Å². The average Bonchev–Trinajstić information content (AvgIpc) is 3.29. The molecular weight excluding hydrogens is 497 g/mol. The molecule has 0 unspecified atom stereocenters. The number of carbonyl (C=O) groups excluding carboxylic acids is 2. The Hall–Kier alpha value is -4.04. The van der Waals surface area contributed by atoms with Crippen LogP contribution in [0.2, 0.25) is 5.02 Å². The minimum Gasteiger partial charge on any atom is -0.484 e. The first-order valence-corrected chi connectivity index (χ1v) is 12.3. The molecular formula is C28H27ClFN3O4. The fraction of sp³-hybridized carbons (Fsp3) is 0.214. The molecule has 4 aromatic rings. The van der Waals surface area contributed by atoms with Gasteiger partial charge in [-0.15, -0.1) is 0 Å².